The molecule has 0 radical (unpaired) electrons. The fraction of sp³-hybridized carbons (Fsp3) is 0.227. The summed E-state index contributed by atoms with van der Waals surface area (Å²) < 4.78 is 0. The number of hydrogen-bond acceptors (Lipinski definition) is 2. The number of para-hydroxylation sites is 2. The molecule has 0 fully saturated rings. The van der Waals surface area contributed by atoms with Gasteiger partial charge in [-0.15, -0.1) is 46.0 Å². The molecule has 0 bridgehead atoms. The van der Waals surface area contributed by atoms with Crippen molar-refractivity contribution in [3.63, 3.8) is 0 Å². The summed E-state index contributed by atoms with van der Waals surface area (Å²) in [6, 6.07) is 43.0. The van der Waals surface area contributed by atoms with Gasteiger partial charge in [0.2, 0.25) is 0 Å². The largest absolute Gasteiger partial charge is 2.00 e. The number of benzene rings is 4. The Balaban J connectivity index is 0.00000417. The van der Waals surface area contributed by atoms with Gasteiger partial charge in [-0.3, -0.25) is 9.97 Å². The smallest absolute Gasteiger partial charge is 0.656 e. The van der Waals surface area contributed by atoms with Crippen molar-refractivity contribution < 1.29 is 21.1 Å². The van der Waals surface area contributed by atoms with Gasteiger partial charge in [0, 0.05) is 11.5 Å². The molecule has 7 aromatic rings. The van der Waals surface area contributed by atoms with Crippen LogP contribution in [0.5, 0.6) is 0 Å². The Labute approximate surface area is 306 Å². The summed E-state index contributed by atoms with van der Waals surface area (Å²) in [5.74, 6) is 0. The Hall–Kier alpha value is -4.11. The molecular formula is C44H43N3PtSi. The summed E-state index contributed by atoms with van der Waals surface area (Å²) in [4.78, 5) is 15.3. The third-order valence-electron chi connectivity index (χ3n) is 9.61. The average Bonchev–Trinajstić information content (AvgIpc) is 3.46. The Bertz CT molecular complexity index is 2260. The second-order valence-electron chi connectivity index (χ2n) is 15.6. The molecule has 5 heteroatoms. The summed E-state index contributed by atoms with van der Waals surface area (Å²) in [5.41, 5.74) is 10.8. The first kappa shape index (κ1) is 34.7. The van der Waals surface area contributed by atoms with E-state index in [0.717, 1.165) is 49.8 Å². The molecule has 3 nitrogen and oxygen atoms in total. The molecule has 49 heavy (non-hydrogen) atoms. The molecule has 7 rings (SSSR count). The first-order valence-electron chi connectivity index (χ1n) is 16.9. The van der Waals surface area contributed by atoms with Crippen LogP contribution in [0.4, 0.5) is 0 Å². The molecule has 0 saturated carbocycles. The van der Waals surface area contributed by atoms with Crippen molar-refractivity contribution in [1.29, 1.82) is 0 Å². The van der Waals surface area contributed by atoms with Gasteiger partial charge in [0.05, 0.1) is 5.69 Å². The zero-order valence-corrected chi connectivity index (χ0v) is 32.9. The maximum atomic E-state index is 5.39. The summed E-state index contributed by atoms with van der Waals surface area (Å²) in [7, 11) is -2.09. The van der Waals surface area contributed by atoms with Gasteiger partial charge in [-0.1, -0.05) is 127 Å². The minimum atomic E-state index is -2.09. The summed E-state index contributed by atoms with van der Waals surface area (Å²) >= 11 is 0. The quantitative estimate of drug-likeness (QED) is 0.128. The van der Waals surface area contributed by atoms with E-state index in [2.05, 4.69) is 164 Å². The van der Waals surface area contributed by atoms with E-state index >= 15 is 0 Å². The van der Waals surface area contributed by atoms with Gasteiger partial charge in [0.25, 0.3) is 0 Å². The van der Waals surface area contributed by atoms with E-state index in [1.165, 1.54) is 27.3 Å². The maximum Gasteiger partial charge on any atom is 2.00 e. The van der Waals surface area contributed by atoms with E-state index in [-0.39, 0.29) is 31.9 Å². The minimum absolute atomic E-state index is 0. The fourth-order valence-electron chi connectivity index (χ4n) is 6.49. The van der Waals surface area contributed by atoms with Crippen LogP contribution in [0.25, 0.3) is 55.4 Å². The van der Waals surface area contributed by atoms with Crippen LogP contribution in [-0.2, 0) is 31.9 Å². The molecule has 0 unspecified atom stereocenters. The molecule has 0 amide bonds. The van der Waals surface area contributed by atoms with Crippen LogP contribution in [0.2, 0.25) is 13.1 Å². The topological polar surface area (TPSA) is 39.9 Å². The zero-order chi connectivity index (χ0) is 33.8. The molecule has 4 aromatic carbocycles. The van der Waals surface area contributed by atoms with Gasteiger partial charge in [-0.25, -0.2) is 0 Å². The maximum absolute atomic E-state index is 5.39. The molecule has 3 heterocycles. The third-order valence-corrected chi connectivity index (χ3v) is 12.8. The molecule has 0 aliphatic heterocycles. The van der Waals surface area contributed by atoms with Gasteiger partial charge in [-0.2, -0.15) is 0 Å². The van der Waals surface area contributed by atoms with Crippen LogP contribution in [0, 0.1) is 6.07 Å². The fourth-order valence-corrected chi connectivity index (χ4v) is 8.64. The van der Waals surface area contributed by atoms with E-state index in [0.29, 0.717) is 0 Å². The van der Waals surface area contributed by atoms with E-state index in [1.54, 1.807) is 0 Å². The van der Waals surface area contributed by atoms with Gasteiger partial charge >= 0.3 is 21.1 Å². The van der Waals surface area contributed by atoms with Crippen molar-refractivity contribution in [2.45, 2.75) is 65.5 Å². The van der Waals surface area contributed by atoms with E-state index in [9.17, 15) is 0 Å². The first-order valence-corrected chi connectivity index (χ1v) is 19.9. The van der Waals surface area contributed by atoms with Crippen LogP contribution in [0.15, 0.2) is 115 Å². The Morgan fingerprint density at radius 1 is 0.633 bits per heavy atom. The second-order valence-corrected chi connectivity index (χ2v) is 19.9. The number of pyridine rings is 2. The Morgan fingerprint density at radius 3 is 1.96 bits per heavy atom. The van der Waals surface area contributed by atoms with Crippen molar-refractivity contribution in [2.75, 3.05) is 0 Å². The Morgan fingerprint density at radius 2 is 1.27 bits per heavy atom. The second kappa shape index (κ2) is 13.0. The normalized spacial score (nSPS) is 12.3. The van der Waals surface area contributed by atoms with Crippen molar-refractivity contribution in [2.24, 2.45) is 0 Å². The van der Waals surface area contributed by atoms with Crippen LogP contribution in [0.3, 0.4) is 0 Å². The number of aromatic nitrogens is 3. The van der Waals surface area contributed by atoms with Crippen molar-refractivity contribution in [3.8, 4) is 33.6 Å². The molecule has 0 spiro atoms. The summed E-state index contributed by atoms with van der Waals surface area (Å²) in [5, 5.41) is 4.68. The summed E-state index contributed by atoms with van der Waals surface area (Å²) in [6.45, 7) is 18.5. The summed E-state index contributed by atoms with van der Waals surface area (Å²) in [6.07, 6.45) is 1.89. The number of rotatable bonds is 5. The molecule has 0 saturated heterocycles. The molecule has 0 atom stereocenters. The SMILES string of the molecule is CC(C)(C)c1cc(-c2cc(-c3[c-]c([Si](C)(C)c4ccccn4)ccc3)nc(-c3cccc4c3[n-]c3ccccc34)c2)cc(C(C)(C)C)c1.[Pt+2]. The van der Waals surface area contributed by atoms with E-state index in [1.807, 2.05) is 12.3 Å². The monoisotopic (exact) mass is 836 g/mol. The number of fused-ring (bicyclic) bond motifs is 3. The molecule has 3 aromatic heterocycles. The predicted octanol–water partition coefficient (Wildman–Crippen LogP) is 9.96. The standard InChI is InChI=1S/C44H43N3Si.Pt/c1-43(2,3)32-23-30(24-33(28-32)44(4,5)6)31-26-39(29-15-13-16-34(25-29)48(7,8)41-21-11-12-22-45-41)46-40(27-31)37-19-14-18-36-35-17-9-10-20-38(35)47-42(36)37;/h9-24,26-28H,1-8H3;/q-2;+2. The molecule has 0 aliphatic rings. The van der Waals surface area contributed by atoms with Crippen LogP contribution in [0.1, 0.15) is 52.7 Å². The van der Waals surface area contributed by atoms with Crippen molar-refractivity contribution in [1.82, 2.24) is 15.0 Å². The molecule has 0 aliphatic carbocycles. The van der Waals surface area contributed by atoms with Gasteiger partial charge in [-0.05, 0) is 73.3 Å². The van der Waals surface area contributed by atoms with Gasteiger partial charge in [0.1, 0.15) is 8.07 Å². The zero-order valence-electron chi connectivity index (χ0n) is 29.6. The third kappa shape index (κ3) is 6.74. The molecule has 0 N–H and O–H groups in total. The van der Waals surface area contributed by atoms with Crippen LogP contribution in [-0.4, -0.2) is 18.0 Å². The Kier molecular flexibility index (Phi) is 9.19. The van der Waals surface area contributed by atoms with Crippen molar-refractivity contribution >= 4 is 40.4 Å². The predicted molar refractivity (Wildman–Crippen MR) is 206 cm³/mol. The van der Waals surface area contributed by atoms with Gasteiger partial charge < -0.3 is 4.98 Å². The molecular weight excluding hydrogens is 794 g/mol. The van der Waals surface area contributed by atoms with Gasteiger partial charge in [0.15, 0.2) is 0 Å². The van der Waals surface area contributed by atoms with Crippen LogP contribution < -0.4 is 15.5 Å². The number of nitrogens with zero attached hydrogens (tertiary/aromatic N) is 3. The van der Waals surface area contributed by atoms with E-state index < -0.39 is 8.07 Å². The average molecular weight is 837 g/mol. The minimum Gasteiger partial charge on any atom is -0.656 e. The number of hydrogen-bond donors (Lipinski definition) is 0. The van der Waals surface area contributed by atoms with E-state index in [4.69, 9.17) is 15.0 Å². The molecule has 248 valence electrons. The van der Waals surface area contributed by atoms with Crippen LogP contribution >= 0.6 is 0 Å². The van der Waals surface area contributed by atoms with Crippen molar-refractivity contribution in [3.05, 3.63) is 133 Å². The first-order chi connectivity index (χ1) is 22.8.